The third-order valence-electron chi connectivity index (χ3n) is 7.07. The SMILES string of the molecule is Oc1ccc(-c2cc3ccccc3c3nc4c5sc6ccc7ccccc7c6c5ccn4c23)cc1. The molecule has 164 valence electrons. The van der Waals surface area contributed by atoms with Crippen molar-refractivity contribution in [2.45, 2.75) is 0 Å². The summed E-state index contributed by atoms with van der Waals surface area (Å²) in [4.78, 5) is 5.27. The minimum absolute atomic E-state index is 0.267. The zero-order valence-electron chi connectivity index (χ0n) is 18.6. The maximum absolute atomic E-state index is 9.87. The molecule has 0 bridgehead atoms. The molecule has 0 aliphatic rings. The Hall–Kier alpha value is -4.41. The summed E-state index contributed by atoms with van der Waals surface area (Å²) < 4.78 is 4.72. The van der Waals surface area contributed by atoms with Crippen LogP contribution >= 0.6 is 11.3 Å². The third-order valence-corrected chi connectivity index (χ3v) is 8.24. The van der Waals surface area contributed by atoms with Gasteiger partial charge in [-0.3, -0.25) is 4.40 Å². The van der Waals surface area contributed by atoms with Crippen LogP contribution in [-0.4, -0.2) is 14.5 Å². The van der Waals surface area contributed by atoms with Gasteiger partial charge in [-0.2, -0.15) is 0 Å². The summed E-state index contributed by atoms with van der Waals surface area (Å²) in [6.07, 6.45) is 2.17. The van der Waals surface area contributed by atoms with E-state index in [0.717, 1.165) is 38.6 Å². The molecule has 1 N–H and O–H groups in total. The first-order chi connectivity index (χ1) is 17.3. The molecule has 0 unspecified atom stereocenters. The number of hydrogen-bond acceptors (Lipinski definition) is 3. The molecular formula is C31H18N2OS. The molecule has 8 aromatic rings. The van der Waals surface area contributed by atoms with Gasteiger partial charge in [0.25, 0.3) is 0 Å². The smallest absolute Gasteiger partial charge is 0.156 e. The summed E-state index contributed by atoms with van der Waals surface area (Å²) in [5.74, 6) is 0.267. The van der Waals surface area contributed by atoms with Crippen molar-refractivity contribution in [1.82, 2.24) is 9.38 Å². The van der Waals surface area contributed by atoms with Crippen LogP contribution in [0.25, 0.3) is 69.5 Å². The Bertz CT molecular complexity index is 2120. The number of rotatable bonds is 1. The summed E-state index contributed by atoms with van der Waals surface area (Å²) in [6, 6.07) is 33.4. The molecule has 0 saturated heterocycles. The highest BCUT2D eigenvalue weighted by molar-refractivity contribution is 7.26. The Morgan fingerprint density at radius 2 is 1.49 bits per heavy atom. The summed E-state index contributed by atoms with van der Waals surface area (Å²) >= 11 is 1.81. The van der Waals surface area contributed by atoms with Crippen molar-refractivity contribution < 1.29 is 5.11 Å². The van der Waals surface area contributed by atoms with E-state index >= 15 is 0 Å². The van der Waals surface area contributed by atoms with Crippen LogP contribution in [0, 0.1) is 0 Å². The summed E-state index contributed by atoms with van der Waals surface area (Å²) in [5.41, 5.74) is 5.24. The number of benzene rings is 5. The number of imidazole rings is 1. The van der Waals surface area contributed by atoms with Crippen LogP contribution in [0.1, 0.15) is 0 Å². The lowest BCUT2D eigenvalue weighted by molar-refractivity contribution is 0.475. The lowest BCUT2D eigenvalue weighted by atomic mass is 9.99. The van der Waals surface area contributed by atoms with Gasteiger partial charge < -0.3 is 5.11 Å². The molecule has 0 spiro atoms. The second-order valence-corrected chi connectivity index (χ2v) is 10.1. The minimum Gasteiger partial charge on any atom is -0.508 e. The standard InChI is InChI=1S/C31H18N2OS/c34-21-12-9-19(10-13-21)25-17-20-6-2-4-8-23(20)28-29(25)33-16-15-24-27-22-7-3-1-5-18(22)11-14-26(27)35-30(24)31(33)32-28/h1-17,34H. The van der Waals surface area contributed by atoms with Crippen LogP contribution in [0.5, 0.6) is 5.75 Å². The average Bonchev–Trinajstić information content (AvgIpc) is 3.48. The quantitative estimate of drug-likeness (QED) is 0.263. The monoisotopic (exact) mass is 466 g/mol. The first-order valence-corrected chi connectivity index (χ1v) is 12.4. The molecule has 3 aromatic heterocycles. The number of fused-ring (bicyclic) bond motifs is 11. The Labute approximate surface area is 204 Å². The third kappa shape index (κ3) is 2.57. The molecule has 35 heavy (non-hydrogen) atoms. The van der Waals surface area contributed by atoms with E-state index in [9.17, 15) is 5.11 Å². The first-order valence-electron chi connectivity index (χ1n) is 11.6. The van der Waals surface area contributed by atoms with Gasteiger partial charge in [0.2, 0.25) is 0 Å². The fourth-order valence-corrected chi connectivity index (χ4v) is 6.67. The minimum atomic E-state index is 0.267. The highest BCUT2D eigenvalue weighted by atomic mass is 32.1. The van der Waals surface area contributed by atoms with Gasteiger partial charge in [-0.15, -0.1) is 11.3 Å². The molecule has 5 aromatic carbocycles. The van der Waals surface area contributed by atoms with E-state index in [1.54, 1.807) is 12.1 Å². The number of aromatic nitrogens is 2. The van der Waals surface area contributed by atoms with Gasteiger partial charge in [-0.25, -0.2) is 4.98 Å². The largest absolute Gasteiger partial charge is 0.508 e. The van der Waals surface area contributed by atoms with E-state index in [2.05, 4.69) is 83.4 Å². The van der Waals surface area contributed by atoms with Crippen LogP contribution in [-0.2, 0) is 0 Å². The van der Waals surface area contributed by atoms with Gasteiger partial charge in [-0.1, -0.05) is 66.7 Å². The highest BCUT2D eigenvalue weighted by Gasteiger charge is 2.18. The molecule has 0 atom stereocenters. The summed E-state index contributed by atoms with van der Waals surface area (Å²) in [7, 11) is 0. The molecule has 0 amide bonds. The number of hydrogen-bond donors (Lipinski definition) is 1. The molecular weight excluding hydrogens is 448 g/mol. The fourth-order valence-electron chi connectivity index (χ4n) is 5.47. The Morgan fingerprint density at radius 3 is 2.34 bits per heavy atom. The second-order valence-electron chi connectivity index (χ2n) is 9.02. The Kier molecular flexibility index (Phi) is 3.69. The highest BCUT2D eigenvalue weighted by Crippen LogP contribution is 2.42. The van der Waals surface area contributed by atoms with Gasteiger partial charge >= 0.3 is 0 Å². The van der Waals surface area contributed by atoms with Crippen molar-refractivity contribution in [1.29, 1.82) is 0 Å². The molecule has 0 fully saturated rings. The second kappa shape index (κ2) is 6.81. The number of nitrogens with zero attached hydrogens (tertiary/aromatic N) is 2. The predicted octanol–water partition coefficient (Wildman–Crippen LogP) is 8.53. The fraction of sp³-hybridized carbons (Fsp3) is 0. The number of thiophene rings is 1. The maximum Gasteiger partial charge on any atom is 0.156 e. The van der Waals surface area contributed by atoms with Crippen LogP contribution in [0.15, 0.2) is 103 Å². The molecule has 3 heterocycles. The maximum atomic E-state index is 9.87. The predicted molar refractivity (Wildman–Crippen MR) is 148 cm³/mol. The Morgan fingerprint density at radius 1 is 0.714 bits per heavy atom. The molecule has 0 aliphatic carbocycles. The lowest BCUT2D eigenvalue weighted by Gasteiger charge is -2.09. The van der Waals surface area contributed by atoms with Crippen LogP contribution in [0.3, 0.4) is 0 Å². The molecule has 4 heteroatoms. The van der Waals surface area contributed by atoms with Crippen molar-refractivity contribution in [2.75, 3.05) is 0 Å². The number of phenolic OH excluding ortho intramolecular Hbond substituents is 1. The van der Waals surface area contributed by atoms with Crippen molar-refractivity contribution in [3.05, 3.63) is 103 Å². The first kappa shape index (κ1) is 19.0. The lowest BCUT2D eigenvalue weighted by Crippen LogP contribution is -1.88. The van der Waals surface area contributed by atoms with Gasteiger partial charge in [0.1, 0.15) is 5.75 Å². The summed E-state index contributed by atoms with van der Waals surface area (Å²) in [5, 5.41) is 17.3. The zero-order chi connectivity index (χ0) is 23.1. The van der Waals surface area contributed by atoms with Crippen molar-refractivity contribution >= 4 is 69.7 Å². The molecule has 8 rings (SSSR count). The molecule has 0 aliphatic heterocycles. The van der Waals surface area contributed by atoms with Crippen LogP contribution < -0.4 is 0 Å². The summed E-state index contributed by atoms with van der Waals surface area (Å²) in [6.45, 7) is 0. The van der Waals surface area contributed by atoms with Crippen molar-refractivity contribution in [3.63, 3.8) is 0 Å². The molecule has 0 saturated carbocycles. The normalized spacial score (nSPS) is 12.1. The van der Waals surface area contributed by atoms with E-state index in [1.807, 2.05) is 23.5 Å². The average molecular weight is 467 g/mol. The number of phenols is 1. The van der Waals surface area contributed by atoms with Crippen LogP contribution in [0.2, 0.25) is 0 Å². The van der Waals surface area contributed by atoms with Crippen LogP contribution in [0.4, 0.5) is 0 Å². The van der Waals surface area contributed by atoms with E-state index in [4.69, 9.17) is 4.98 Å². The number of pyridine rings is 1. The van der Waals surface area contributed by atoms with Gasteiger partial charge in [0.15, 0.2) is 5.65 Å². The van der Waals surface area contributed by atoms with Gasteiger partial charge in [0.05, 0.1) is 15.7 Å². The van der Waals surface area contributed by atoms with E-state index < -0.39 is 0 Å². The zero-order valence-corrected chi connectivity index (χ0v) is 19.4. The number of aromatic hydroxyl groups is 1. The van der Waals surface area contributed by atoms with E-state index in [-0.39, 0.29) is 5.75 Å². The van der Waals surface area contributed by atoms with E-state index in [0.29, 0.717) is 0 Å². The Balaban J connectivity index is 1.57. The molecule has 0 radical (unpaired) electrons. The van der Waals surface area contributed by atoms with Crippen molar-refractivity contribution in [2.24, 2.45) is 0 Å². The topological polar surface area (TPSA) is 37.5 Å². The van der Waals surface area contributed by atoms with Crippen molar-refractivity contribution in [3.8, 4) is 16.9 Å². The van der Waals surface area contributed by atoms with E-state index in [1.165, 1.54) is 30.9 Å². The van der Waals surface area contributed by atoms with Gasteiger partial charge in [0, 0.05) is 32.6 Å². The van der Waals surface area contributed by atoms with Gasteiger partial charge in [-0.05, 0) is 52.1 Å². The molecule has 3 nitrogen and oxygen atoms in total.